The second-order valence-corrected chi connectivity index (χ2v) is 7.44. The Hall–Kier alpha value is -0.353. The zero-order valence-electron chi connectivity index (χ0n) is 11.4. The Balaban J connectivity index is 2.54. The fourth-order valence-electron chi connectivity index (χ4n) is 1.94. The Labute approximate surface area is 117 Å². The number of benzene rings is 1. The van der Waals surface area contributed by atoms with Gasteiger partial charge in [-0.25, -0.2) is 0 Å². The molecule has 0 aliphatic carbocycles. The molecule has 18 heavy (non-hydrogen) atoms. The van der Waals surface area contributed by atoms with E-state index in [1.165, 1.54) is 5.56 Å². The van der Waals surface area contributed by atoms with Crippen LogP contribution in [0.4, 0.5) is 0 Å². The molecule has 0 spiro atoms. The van der Waals surface area contributed by atoms with Crippen molar-refractivity contribution < 1.29 is 8.85 Å². The third-order valence-corrected chi connectivity index (χ3v) is 5.82. The molecule has 4 heteroatoms. The summed E-state index contributed by atoms with van der Waals surface area (Å²) in [6, 6.07) is 10.2. The Bertz CT molecular complexity index is 315. The molecule has 1 aromatic carbocycles. The zero-order valence-corrected chi connectivity index (χ0v) is 13.3. The van der Waals surface area contributed by atoms with Gasteiger partial charge in [-0.15, -0.1) is 11.6 Å². The van der Waals surface area contributed by atoms with E-state index in [0.29, 0.717) is 5.54 Å². The summed E-state index contributed by atoms with van der Waals surface area (Å²) >= 11 is 6.46. The van der Waals surface area contributed by atoms with Crippen molar-refractivity contribution in [3.05, 3.63) is 35.9 Å². The standard InChI is InChI=1S/C14H23ClO2Si/c1-4-16-18(17-5-2)12(3)11-14(15)13-9-7-6-8-10-13/h6-10,12,14,18H,4-5,11H2,1-3H3. The van der Waals surface area contributed by atoms with Gasteiger partial charge in [-0.2, -0.15) is 0 Å². The fraction of sp³-hybridized carbons (Fsp3) is 0.571. The van der Waals surface area contributed by atoms with Crippen molar-refractivity contribution in [2.24, 2.45) is 0 Å². The summed E-state index contributed by atoms with van der Waals surface area (Å²) in [5.41, 5.74) is 1.58. The molecule has 0 saturated heterocycles. The van der Waals surface area contributed by atoms with Gasteiger partial charge in [0.25, 0.3) is 0 Å². The fourth-order valence-corrected chi connectivity index (χ4v) is 4.44. The lowest BCUT2D eigenvalue weighted by atomic mass is 10.1. The minimum absolute atomic E-state index is 0.0390. The first kappa shape index (κ1) is 15.7. The first-order valence-electron chi connectivity index (χ1n) is 6.61. The van der Waals surface area contributed by atoms with Gasteiger partial charge in [0.2, 0.25) is 0 Å². The molecular weight excluding hydrogens is 264 g/mol. The van der Waals surface area contributed by atoms with Crippen molar-refractivity contribution in [3.8, 4) is 0 Å². The first-order chi connectivity index (χ1) is 8.69. The molecule has 0 aliphatic heterocycles. The molecule has 2 nitrogen and oxygen atoms in total. The van der Waals surface area contributed by atoms with E-state index in [1.54, 1.807) is 0 Å². The van der Waals surface area contributed by atoms with E-state index in [4.69, 9.17) is 20.5 Å². The SMILES string of the molecule is CCO[SiH](OCC)C(C)CC(Cl)c1ccccc1. The van der Waals surface area contributed by atoms with Crippen molar-refractivity contribution in [1.29, 1.82) is 0 Å². The van der Waals surface area contributed by atoms with E-state index in [1.807, 2.05) is 32.0 Å². The summed E-state index contributed by atoms with van der Waals surface area (Å²) in [6.45, 7) is 7.65. The van der Waals surface area contributed by atoms with Crippen LogP contribution in [0.15, 0.2) is 30.3 Å². The van der Waals surface area contributed by atoms with Gasteiger partial charge in [0.05, 0.1) is 5.38 Å². The van der Waals surface area contributed by atoms with Gasteiger partial charge in [-0.3, -0.25) is 0 Å². The zero-order chi connectivity index (χ0) is 13.4. The highest BCUT2D eigenvalue weighted by atomic mass is 35.5. The predicted octanol–water partition coefficient (Wildman–Crippen LogP) is 4.04. The van der Waals surface area contributed by atoms with Crippen molar-refractivity contribution in [2.75, 3.05) is 13.2 Å². The van der Waals surface area contributed by atoms with E-state index in [9.17, 15) is 0 Å². The van der Waals surface area contributed by atoms with Gasteiger partial charge in [-0.05, 0) is 31.4 Å². The first-order valence-corrected chi connectivity index (χ1v) is 8.65. The van der Waals surface area contributed by atoms with Crippen LogP contribution in [0.2, 0.25) is 5.54 Å². The molecule has 0 aliphatic rings. The van der Waals surface area contributed by atoms with E-state index < -0.39 is 9.28 Å². The van der Waals surface area contributed by atoms with Crippen molar-refractivity contribution in [3.63, 3.8) is 0 Å². The Morgan fingerprint density at radius 2 is 1.67 bits per heavy atom. The van der Waals surface area contributed by atoms with Gasteiger partial charge in [0.15, 0.2) is 0 Å². The summed E-state index contributed by atoms with van der Waals surface area (Å²) in [7, 11) is -1.59. The molecule has 2 unspecified atom stereocenters. The highest BCUT2D eigenvalue weighted by Crippen LogP contribution is 2.31. The van der Waals surface area contributed by atoms with E-state index >= 15 is 0 Å². The predicted molar refractivity (Wildman–Crippen MR) is 79.5 cm³/mol. The lowest BCUT2D eigenvalue weighted by Crippen LogP contribution is -2.28. The van der Waals surface area contributed by atoms with E-state index in [-0.39, 0.29) is 5.38 Å². The average Bonchev–Trinajstić information content (AvgIpc) is 2.39. The maximum absolute atomic E-state index is 6.46. The van der Waals surface area contributed by atoms with Crippen molar-refractivity contribution >= 4 is 20.9 Å². The molecule has 1 aromatic rings. The monoisotopic (exact) mass is 286 g/mol. The molecule has 1 rings (SSSR count). The summed E-state index contributed by atoms with van der Waals surface area (Å²) in [6.07, 6.45) is 0.905. The summed E-state index contributed by atoms with van der Waals surface area (Å²) < 4.78 is 11.5. The lowest BCUT2D eigenvalue weighted by Gasteiger charge is -2.23. The number of rotatable bonds is 8. The van der Waals surface area contributed by atoms with Gasteiger partial charge < -0.3 is 8.85 Å². The smallest absolute Gasteiger partial charge is 0.324 e. The van der Waals surface area contributed by atoms with E-state index in [2.05, 4.69) is 19.1 Å². The Morgan fingerprint density at radius 3 is 2.17 bits per heavy atom. The van der Waals surface area contributed by atoms with Crippen molar-refractivity contribution in [2.45, 2.75) is 38.1 Å². The highest BCUT2D eigenvalue weighted by molar-refractivity contribution is 6.46. The number of hydrogen-bond acceptors (Lipinski definition) is 2. The maximum Gasteiger partial charge on any atom is 0.324 e. The van der Waals surface area contributed by atoms with Gasteiger partial charge in [0, 0.05) is 13.2 Å². The van der Waals surface area contributed by atoms with Crippen LogP contribution in [-0.2, 0) is 8.85 Å². The lowest BCUT2D eigenvalue weighted by molar-refractivity contribution is 0.203. The maximum atomic E-state index is 6.46. The Kier molecular flexibility index (Phi) is 7.59. The molecule has 102 valence electrons. The molecular formula is C14H23ClO2Si. The van der Waals surface area contributed by atoms with Crippen LogP contribution >= 0.6 is 11.6 Å². The molecule has 0 amide bonds. The molecule has 0 bridgehead atoms. The van der Waals surface area contributed by atoms with Crippen LogP contribution < -0.4 is 0 Å². The van der Waals surface area contributed by atoms with Crippen LogP contribution in [0.25, 0.3) is 0 Å². The molecule has 0 saturated carbocycles. The van der Waals surface area contributed by atoms with Gasteiger partial charge >= 0.3 is 9.28 Å². The molecule has 0 aromatic heterocycles. The highest BCUT2D eigenvalue weighted by Gasteiger charge is 2.24. The van der Waals surface area contributed by atoms with Crippen molar-refractivity contribution in [1.82, 2.24) is 0 Å². The molecule has 0 N–H and O–H groups in total. The Morgan fingerprint density at radius 1 is 1.11 bits per heavy atom. The number of halogens is 1. The summed E-state index contributed by atoms with van der Waals surface area (Å²) in [4.78, 5) is 0. The van der Waals surface area contributed by atoms with Crippen LogP contribution in [0, 0.1) is 0 Å². The topological polar surface area (TPSA) is 18.5 Å². The van der Waals surface area contributed by atoms with Crippen LogP contribution in [0.3, 0.4) is 0 Å². The van der Waals surface area contributed by atoms with Gasteiger partial charge in [0.1, 0.15) is 0 Å². The van der Waals surface area contributed by atoms with E-state index in [0.717, 1.165) is 19.6 Å². The molecule has 0 radical (unpaired) electrons. The summed E-state index contributed by atoms with van der Waals surface area (Å²) in [5, 5.41) is 0.0390. The van der Waals surface area contributed by atoms with Gasteiger partial charge in [-0.1, -0.05) is 37.3 Å². The largest absolute Gasteiger partial charge is 0.397 e. The second-order valence-electron chi connectivity index (χ2n) is 4.37. The van der Waals surface area contributed by atoms with Crippen LogP contribution in [0.1, 0.15) is 38.1 Å². The molecule has 0 fully saturated rings. The quantitative estimate of drug-likeness (QED) is 0.530. The van der Waals surface area contributed by atoms with Crippen LogP contribution in [0.5, 0.6) is 0 Å². The summed E-state index contributed by atoms with van der Waals surface area (Å²) in [5.74, 6) is 0. The average molecular weight is 287 g/mol. The third-order valence-electron chi connectivity index (χ3n) is 2.87. The second kappa shape index (κ2) is 8.70. The normalized spacial score (nSPS) is 14.7. The van der Waals surface area contributed by atoms with Crippen LogP contribution in [-0.4, -0.2) is 22.5 Å². The minimum Gasteiger partial charge on any atom is -0.397 e. The molecule has 0 heterocycles. The number of hydrogen-bond donors (Lipinski definition) is 0. The molecule has 2 atom stereocenters. The number of alkyl halides is 1. The minimum atomic E-state index is -1.59. The third kappa shape index (κ3) is 5.10.